The third-order valence-corrected chi connectivity index (χ3v) is 5.33. The number of carbonyl (C=O) groups excluding carboxylic acids is 1. The molecule has 136 valence electrons. The molecule has 6 heteroatoms. The number of thiazole rings is 1. The molecule has 0 spiro atoms. The van der Waals surface area contributed by atoms with Gasteiger partial charge in [-0.3, -0.25) is 9.78 Å². The lowest BCUT2D eigenvalue weighted by atomic mass is 10.0. The van der Waals surface area contributed by atoms with Gasteiger partial charge in [-0.15, -0.1) is 11.3 Å². The van der Waals surface area contributed by atoms with Crippen molar-refractivity contribution in [3.8, 4) is 11.4 Å². The topological polar surface area (TPSA) is 68.0 Å². The van der Waals surface area contributed by atoms with Gasteiger partial charge in [-0.2, -0.15) is 0 Å². The summed E-state index contributed by atoms with van der Waals surface area (Å²) in [5, 5.41) is 8.53. The maximum Gasteiger partial charge on any atom is 0.230 e. The van der Waals surface area contributed by atoms with Crippen LogP contribution in [0.4, 0.5) is 5.13 Å². The van der Waals surface area contributed by atoms with Crippen molar-refractivity contribution in [3.05, 3.63) is 78.0 Å². The third-order valence-electron chi connectivity index (χ3n) is 4.57. The Hall–Kier alpha value is -3.51. The van der Waals surface area contributed by atoms with Crippen molar-refractivity contribution in [2.24, 2.45) is 0 Å². The molecular formula is C22H15N3O2S. The second-order valence-corrected chi connectivity index (χ2v) is 7.26. The van der Waals surface area contributed by atoms with E-state index in [1.165, 1.54) is 11.3 Å². The Kier molecular flexibility index (Phi) is 4.10. The van der Waals surface area contributed by atoms with Crippen molar-refractivity contribution in [3.63, 3.8) is 0 Å². The second kappa shape index (κ2) is 6.90. The van der Waals surface area contributed by atoms with Gasteiger partial charge >= 0.3 is 0 Å². The number of hydrogen-bond acceptors (Lipinski definition) is 5. The van der Waals surface area contributed by atoms with E-state index in [1.807, 2.05) is 47.8 Å². The van der Waals surface area contributed by atoms with Crippen LogP contribution in [0.5, 0.6) is 0 Å². The fourth-order valence-electron chi connectivity index (χ4n) is 3.30. The number of nitrogens with one attached hydrogen (secondary N) is 1. The van der Waals surface area contributed by atoms with Gasteiger partial charge in [0, 0.05) is 22.5 Å². The van der Waals surface area contributed by atoms with Crippen LogP contribution < -0.4 is 5.32 Å². The highest BCUT2D eigenvalue weighted by Crippen LogP contribution is 2.30. The molecule has 5 aromatic rings. The van der Waals surface area contributed by atoms with Gasteiger partial charge in [-0.25, -0.2) is 4.98 Å². The molecule has 0 radical (unpaired) electrons. The molecule has 0 fully saturated rings. The van der Waals surface area contributed by atoms with Crippen LogP contribution in [-0.2, 0) is 11.2 Å². The van der Waals surface area contributed by atoms with Crippen LogP contribution >= 0.6 is 11.3 Å². The average Bonchev–Trinajstić information content (AvgIpc) is 3.36. The maximum atomic E-state index is 12.6. The number of benzene rings is 2. The molecule has 0 saturated heterocycles. The van der Waals surface area contributed by atoms with Crippen molar-refractivity contribution in [2.45, 2.75) is 6.42 Å². The molecule has 3 heterocycles. The molecule has 5 nitrogen and oxygen atoms in total. The Labute approximate surface area is 164 Å². The molecule has 3 aromatic heterocycles. The number of anilines is 1. The van der Waals surface area contributed by atoms with Crippen molar-refractivity contribution >= 4 is 44.1 Å². The Morgan fingerprint density at radius 3 is 2.82 bits per heavy atom. The first kappa shape index (κ1) is 16.6. The van der Waals surface area contributed by atoms with Crippen LogP contribution in [0.15, 0.2) is 76.9 Å². The number of hydrogen-bond donors (Lipinski definition) is 1. The molecule has 0 aliphatic rings. The number of carbonyl (C=O) groups is 1. The minimum absolute atomic E-state index is 0.127. The number of furan rings is 1. The zero-order valence-corrected chi connectivity index (χ0v) is 15.6. The second-order valence-electron chi connectivity index (χ2n) is 6.40. The highest BCUT2D eigenvalue weighted by atomic mass is 32.1. The molecule has 0 saturated carbocycles. The smallest absolute Gasteiger partial charge is 0.230 e. The van der Waals surface area contributed by atoms with E-state index in [2.05, 4.69) is 27.4 Å². The van der Waals surface area contributed by atoms with E-state index in [9.17, 15) is 4.79 Å². The molecule has 5 rings (SSSR count). The van der Waals surface area contributed by atoms with Gasteiger partial charge in [0.2, 0.25) is 5.91 Å². The molecule has 0 aliphatic carbocycles. The van der Waals surface area contributed by atoms with Crippen LogP contribution in [-0.4, -0.2) is 15.9 Å². The van der Waals surface area contributed by atoms with Crippen molar-refractivity contribution in [2.75, 3.05) is 5.32 Å². The lowest BCUT2D eigenvalue weighted by Crippen LogP contribution is -2.14. The quantitative estimate of drug-likeness (QED) is 0.457. The number of rotatable bonds is 4. The highest BCUT2D eigenvalue weighted by molar-refractivity contribution is 7.14. The number of aromatic nitrogens is 2. The first-order chi connectivity index (χ1) is 13.8. The van der Waals surface area contributed by atoms with E-state index < -0.39 is 0 Å². The predicted molar refractivity (Wildman–Crippen MR) is 111 cm³/mol. The highest BCUT2D eigenvalue weighted by Gasteiger charge is 2.14. The molecular weight excluding hydrogens is 370 g/mol. The number of amides is 1. The van der Waals surface area contributed by atoms with E-state index in [0.29, 0.717) is 5.13 Å². The molecule has 28 heavy (non-hydrogen) atoms. The van der Waals surface area contributed by atoms with Crippen molar-refractivity contribution in [1.82, 2.24) is 9.97 Å². The number of nitrogens with zero attached hydrogens (tertiary/aromatic N) is 2. The summed E-state index contributed by atoms with van der Waals surface area (Å²) in [5.74, 6) is -0.127. The summed E-state index contributed by atoms with van der Waals surface area (Å²) in [6.07, 6.45) is 3.61. The van der Waals surface area contributed by atoms with Gasteiger partial charge in [0.05, 0.1) is 18.4 Å². The van der Waals surface area contributed by atoms with Gasteiger partial charge in [0.25, 0.3) is 0 Å². The first-order valence-corrected chi connectivity index (χ1v) is 9.70. The van der Waals surface area contributed by atoms with E-state index in [1.54, 1.807) is 12.5 Å². The molecule has 0 aliphatic heterocycles. The van der Waals surface area contributed by atoms with Crippen LogP contribution in [0.1, 0.15) is 5.56 Å². The van der Waals surface area contributed by atoms with Crippen LogP contribution in [0.2, 0.25) is 0 Å². The van der Waals surface area contributed by atoms with E-state index in [4.69, 9.17) is 4.42 Å². The molecule has 1 N–H and O–H groups in total. The minimum atomic E-state index is -0.127. The number of fused-ring (bicyclic) bond motifs is 3. The largest absolute Gasteiger partial charge is 0.464 e. The third kappa shape index (κ3) is 3.04. The maximum absolute atomic E-state index is 12.6. The summed E-state index contributed by atoms with van der Waals surface area (Å²) in [5.41, 5.74) is 3.19. The summed E-state index contributed by atoms with van der Waals surface area (Å²) >= 11 is 1.39. The standard InChI is InChI=1S/C22H15N3O2S/c26-20(25-22-24-18(13-28-22)17-7-3-4-10-23-17)11-15-12-27-19-9-8-14-5-1-2-6-16(14)21(15)19/h1-10,12-13H,11H2,(H,24,25,26). The zero-order valence-electron chi connectivity index (χ0n) is 14.8. The first-order valence-electron chi connectivity index (χ1n) is 8.82. The van der Waals surface area contributed by atoms with Gasteiger partial charge in [0.1, 0.15) is 11.3 Å². The van der Waals surface area contributed by atoms with Crippen molar-refractivity contribution < 1.29 is 9.21 Å². The fourth-order valence-corrected chi connectivity index (χ4v) is 4.02. The molecule has 2 aromatic carbocycles. The average molecular weight is 385 g/mol. The minimum Gasteiger partial charge on any atom is -0.464 e. The fraction of sp³-hybridized carbons (Fsp3) is 0.0455. The molecule has 0 atom stereocenters. The lowest BCUT2D eigenvalue weighted by molar-refractivity contribution is -0.115. The van der Waals surface area contributed by atoms with E-state index >= 15 is 0 Å². The Bertz CT molecular complexity index is 1290. The van der Waals surface area contributed by atoms with Crippen molar-refractivity contribution in [1.29, 1.82) is 0 Å². The summed E-state index contributed by atoms with van der Waals surface area (Å²) in [6, 6.07) is 17.7. The molecule has 1 amide bonds. The molecule has 0 unspecified atom stereocenters. The monoisotopic (exact) mass is 385 g/mol. The molecule has 0 bridgehead atoms. The lowest BCUT2D eigenvalue weighted by Gasteiger charge is -2.03. The van der Waals surface area contributed by atoms with Gasteiger partial charge in [-0.05, 0) is 29.0 Å². The van der Waals surface area contributed by atoms with E-state index in [-0.39, 0.29) is 12.3 Å². The Balaban J connectivity index is 1.39. The Morgan fingerprint density at radius 1 is 1.04 bits per heavy atom. The van der Waals surface area contributed by atoms with Crippen LogP contribution in [0, 0.1) is 0 Å². The van der Waals surface area contributed by atoms with Crippen LogP contribution in [0.3, 0.4) is 0 Å². The Morgan fingerprint density at radius 2 is 1.93 bits per heavy atom. The summed E-state index contributed by atoms with van der Waals surface area (Å²) in [7, 11) is 0. The van der Waals surface area contributed by atoms with E-state index in [0.717, 1.165) is 38.7 Å². The summed E-state index contributed by atoms with van der Waals surface area (Å²) in [6.45, 7) is 0. The van der Waals surface area contributed by atoms with Gasteiger partial charge < -0.3 is 9.73 Å². The SMILES string of the molecule is O=C(Cc1coc2ccc3ccccc3c12)Nc1nc(-c2ccccn2)cs1. The summed E-state index contributed by atoms with van der Waals surface area (Å²) in [4.78, 5) is 21.4. The normalized spacial score (nSPS) is 11.1. The van der Waals surface area contributed by atoms with Gasteiger partial charge in [0.15, 0.2) is 5.13 Å². The number of pyridine rings is 1. The predicted octanol–water partition coefficient (Wildman–Crippen LogP) is 5.29. The zero-order chi connectivity index (χ0) is 18.9. The summed E-state index contributed by atoms with van der Waals surface area (Å²) < 4.78 is 5.67. The van der Waals surface area contributed by atoms with Gasteiger partial charge in [-0.1, -0.05) is 36.4 Å². The van der Waals surface area contributed by atoms with Crippen LogP contribution in [0.25, 0.3) is 33.1 Å².